The van der Waals surface area contributed by atoms with Crippen molar-refractivity contribution < 1.29 is 4.74 Å². The van der Waals surface area contributed by atoms with Gasteiger partial charge in [0.2, 0.25) is 0 Å². The third-order valence-electron chi connectivity index (χ3n) is 6.41. The number of aromatic nitrogens is 4. The van der Waals surface area contributed by atoms with Crippen molar-refractivity contribution in [3.8, 4) is 5.82 Å². The number of hydrogen-bond acceptors (Lipinski definition) is 6. The van der Waals surface area contributed by atoms with Gasteiger partial charge in [-0.15, -0.1) is 0 Å². The minimum Gasteiger partial charge on any atom is -0.384 e. The van der Waals surface area contributed by atoms with Crippen molar-refractivity contribution in [1.29, 1.82) is 0 Å². The van der Waals surface area contributed by atoms with Crippen LogP contribution in [0.1, 0.15) is 42.1 Å². The highest BCUT2D eigenvalue weighted by molar-refractivity contribution is 5.82. The van der Waals surface area contributed by atoms with Crippen LogP contribution in [0.25, 0.3) is 16.7 Å². The van der Waals surface area contributed by atoms with Crippen LogP contribution in [-0.4, -0.2) is 57.0 Å². The van der Waals surface area contributed by atoms with E-state index in [2.05, 4.69) is 39.0 Å². The molecule has 152 valence electrons. The Morgan fingerprint density at radius 2 is 1.90 bits per heavy atom. The van der Waals surface area contributed by atoms with Crippen molar-refractivity contribution in [3.63, 3.8) is 0 Å². The number of likely N-dealkylation sites (tertiary alicyclic amines) is 1. The quantitative estimate of drug-likeness (QED) is 0.738. The maximum absolute atomic E-state index is 5.94. The summed E-state index contributed by atoms with van der Waals surface area (Å²) in [6.45, 7) is 8.18. The number of fused-ring (bicyclic) bond motifs is 1. The molecule has 1 aromatic carbocycles. The SMILES string of the molecule is Cc1nc(N)cc(-n2ncc3cc(C)c(C4CCN(C5CCOC5)CC4)cc32)n1. The van der Waals surface area contributed by atoms with E-state index >= 15 is 0 Å². The monoisotopic (exact) mass is 392 g/mol. The lowest BCUT2D eigenvalue weighted by Gasteiger charge is -2.36. The molecule has 0 aliphatic carbocycles. The first-order valence-electron chi connectivity index (χ1n) is 10.5. The van der Waals surface area contributed by atoms with Gasteiger partial charge in [0.05, 0.1) is 18.3 Å². The molecule has 2 aliphatic rings. The first-order chi connectivity index (χ1) is 14.1. The number of aryl methyl sites for hydroxylation is 2. The van der Waals surface area contributed by atoms with E-state index in [0.717, 1.165) is 43.0 Å². The van der Waals surface area contributed by atoms with E-state index in [-0.39, 0.29) is 0 Å². The molecule has 0 radical (unpaired) electrons. The van der Waals surface area contributed by atoms with Crippen LogP contribution in [-0.2, 0) is 4.74 Å². The summed E-state index contributed by atoms with van der Waals surface area (Å²) < 4.78 is 7.46. The molecule has 4 heterocycles. The molecule has 0 saturated carbocycles. The Balaban J connectivity index is 1.45. The van der Waals surface area contributed by atoms with E-state index in [1.54, 1.807) is 6.07 Å². The maximum atomic E-state index is 5.94. The van der Waals surface area contributed by atoms with E-state index in [1.807, 2.05) is 17.8 Å². The zero-order valence-electron chi connectivity index (χ0n) is 17.1. The summed E-state index contributed by atoms with van der Waals surface area (Å²) in [5.41, 5.74) is 9.79. The summed E-state index contributed by atoms with van der Waals surface area (Å²) in [7, 11) is 0. The van der Waals surface area contributed by atoms with Crippen LogP contribution in [0.5, 0.6) is 0 Å². The third kappa shape index (κ3) is 3.49. The van der Waals surface area contributed by atoms with E-state index in [1.165, 1.54) is 30.4 Å². The number of benzene rings is 1. The Labute approximate surface area is 170 Å². The molecule has 1 atom stereocenters. The van der Waals surface area contributed by atoms with Gasteiger partial charge in [-0.3, -0.25) is 4.90 Å². The van der Waals surface area contributed by atoms with E-state index in [4.69, 9.17) is 10.5 Å². The molecule has 2 aliphatic heterocycles. The molecule has 2 aromatic heterocycles. The van der Waals surface area contributed by atoms with Gasteiger partial charge in [-0.2, -0.15) is 5.10 Å². The fourth-order valence-electron chi connectivity index (χ4n) is 4.89. The minimum absolute atomic E-state index is 0.465. The van der Waals surface area contributed by atoms with Crippen molar-refractivity contribution in [2.45, 2.75) is 45.1 Å². The Bertz CT molecular complexity index is 1010. The number of anilines is 1. The van der Waals surface area contributed by atoms with Crippen LogP contribution in [0, 0.1) is 13.8 Å². The second-order valence-electron chi connectivity index (χ2n) is 8.35. The number of nitrogens with zero attached hydrogens (tertiary/aromatic N) is 5. The van der Waals surface area contributed by atoms with Crippen molar-refractivity contribution in [2.75, 3.05) is 32.0 Å². The highest BCUT2D eigenvalue weighted by Gasteiger charge is 2.29. The topological polar surface area (TPSA) is 82.1 Å². The Kier molecular flexibility index (Phi) is 4.72. The van der Waals surface area contributed by atoms with Gasteiger partial charge in [0.15, 0.2) is 5.82 Å². The molecule has 2 N–H and O–H groups in total. The number of rotatable bonds is 3. The minimum atomic E-state index is 0.465. The third-order valence-corrected chi connectivity index (χ3v) is 6.41. The van der Waals surface area contributed by atoms with E-state index in [9.17, 15) is 0 Å². The van der Waals surface area contributed by atoms with E-state index < -0.39 is 0 Å². The van der Waals surface area contributed by atoms with Gasteiger partial charge in [-0.1, -0.05) is 0 Å². The van der Waals surface area contributed by atoms with Gasteiger partial charge in [0.25, 0.3) is 0 Å². The van der Waals surface area contributed by atoms with Crippen LogP contribution in [0.2, 0.25) is 0 Å². The molecular weight excluding hydrogens is 364 g/mol. The van der Waals surface area contributed by atoms with Gasteiger partial charge in [0.1, 0.15) is 11.6 Å². The van der Waals surface area contributed by atoms with Crippen LogP contribution in [0.15, 0.2) is 24.4 Å². The van der Waals surface area contributed by atoms with Crippen LogP contribution in [0.3, 0.4) is 0 Å². The molecule has 3 aromatic rings. The number of nitrogen functional groups attached to an aromatic ring is 1. The van der Waals surface area contributed by atoms with Gasteiger partial charge >= 0.3 is 0 Å². The zero-order chi connectivity index (χ0) is 20.0. The van der Waals surface area contributed by atoms with Gasteiger partial charge in [-0.05, 0) is 75.4 Å². The molecule has 0 amide bonds. The fourth-order valence-corrected chi connectivity index (χ4v) is 4.89. The molecular formula is C22H28N6O. The number of piperidine rings is 1. The summed E-state index contributed by atoms with van der Waals surface area (Å²) in [5, 5.41) is 5.71. The molecule has 0 spiro atoms. The second kappa shape index (κ2) is 7.39. The van der Waals surface area contributed by atoms with Crippen molar-refractivity contribution in [3.05, 3.63) is 41.3 Å². The molecule has 7 heteroatoms. The highest BCUT2D eigenvalue weighted by atomic mass is 16.5. The van der Waals surface area contributed by atoms with Crippen LogP contribution in [0.4, 0.5) is 5.82 Å². The van der Waals surface area contributed by atoms with Gasteiger partial charge < -0.3 is 10.5 Å². The number of nitrogens with two attached hydrogens (primary N) is 1. The lowest BCUT2D eigenvalue weighted by Crippen LogP contribution is -2.41. The number of hydrogen-bond donors (Lipinski definition) is 1. The summed E-state index contributed by atoms with van der Waals surface area (Å²) in [5.74, 6) is 2.42. The van der Waals surface area contributed by atoms with Crippen molar-refractivity contribution in [1.82, 2.24) is 24.6 Å². The Morgan fingerprint density at radius 1 is 1.07 bits per heavy atom. The fraction of sp³-hybridized carbons (Fsp3) is 0.500. The largest absolute Gasteiger partial charge is 0.384 e. The predicted molar refractivity (Wildman–Crippen MR) is 113 cm³/mol. The van der Waals surface area contributed by atoms with Crippen LogP contribution < -0.4 is 5.73 Å². The molecule has 1 unspecified atom stereocenters. The lowest BCUT2D eigenvalue weighted by molar-refractivity contribution is 0.122. The van der Waals surface area contributed by atoms with Gasteiger partial charge in [-0.25, -0.2) is 14.6 Å². The molecule has 29 heavy (non-hydrogen) atoms. The van der Waals surface area contributed by atoms with Crippen molar-refractivity contribution >= 4 is 16.7 Å². The summed E-state index contributed by atoms with van der Waals surface area (Å²) in [4.78, 5) is 11.3. The molecule has 7 nitrogen and oxygen atoms in total. The normalized spacial score (nSPS) is 21.2. The Hall–Kier alpha value is -2.51. The zero-order valence-corrected chi connectivity index (χ0v) is 17.1. The molecule has 5 rings (SSSR count). The number of ether oxygens (including phenoxy) is 1. The van der Waals surface area contributed by atoms with Gasteiger partial charge in [0, 0.05) is 24.1 Å². The summed E-state index contributed by atoms with van der Waals surface area (Å²) in [6.07, 6.45) is 5.46. The first-order valence-corrected chi connectivity index (χ1v) is 10.5. The maximum Gasteiger partial charge on any atom is 0.159 e. The molecule has 0 bridgehead atoms. The average Bonchev–Trinajstić information content (AvgIpc) is 3.36. The lowest BCUT2D eigenvalue weighted by atomic mass is 9.86. The van der Waals surface area contributed by atoms with Crippen LogP contribution >= 0.6 is 0 Å². The summed E-state index contributed by atoms with van der Waals surface area (Å²) in [6, 6.07) is 6.96. The highest BCUT2D eigenvalue weighted by Crippen LogP contribution is 2.34. The first kappa shape index (κ1) is 18.5. The predicted octanol–water partition coefficient (Wildman–Crippen LogP) is 2.98. The standard InChI is InChI=1S/C22H28N6O/c1-14-9-17-12-24-28(22-11-21(23)25-15(2)26-22)20(17)10-19(14)16-3-6-27(7-4-16)18-5-8-29-13-18/h9-12,16,18H,3-8,13H2,1-2H3,(H2,23,25,26). The van der Waals surface area contributed by atoms with Crippen molar-refractivity contribution in [2.24, 2.45) is 0 Å². The Morgan fingerprint density at radius 3 is 2.62 bits per heavy atom. The second-order valence-corrected chi connectivity index (χ2v) is 8.35. The molecule has 2 saturated heterocycles. The smallest absolute Gasteiger partial charge is 0.159 e. The summed E-state index contributed by atoms with van der Waals surface area (Å²) >= 11 is 0. The average molecular weight is 393 g/mol. The molecule has 2 fully saturated rings. The van der Waals surface area contributed by atoms with E-state index in [0.29, 0.717) is 23.6 Å².